The lowest BCUT2D eigenvalue weighted by Crippen LogP contribution is -2.24. The number of benzene rings is 2. The van der Waals surface area contributed by atoms with Crippen LogP contribution in [0.1, 0.15) is 43.9 Å². The number of rotatable bonds is 8. The Bertz CT molecular complexity index is 880. The Hall–Kier alpha value is -2.75. The maximum atomic E-state index is 13.0. The Balaban J connectivity index is 2.00. The normalized spacial score (nSPS) is 11.0. The molecule has 0 atom stereocenters. The smallest absolute Gasteiger partial charge is 0.335 e. The van der Waals surface area contributed by atoms with E-state index in [2.05, 4.69) is 6.92 Å². The van der Waals surface area contributed by atoms with Crippen LogP contribution in [0, 0.1) is 0 Å². The van der Waals surface area contributed by atoms with Gasteiger partial charge in [-0.1, -0.05) is 74.7 Å². The van der Waals surface area contributed by atoms with Gasteiger partial charge < -0.3 is 5.11 Å². The molecule has 3 rings (SSSR count). The maximum absolute atomic E-state index is 13.0. The Kier molecular flexibility index (Phi) is 5.95. The van der Waals surface area contributed by atoms with Gasteiger partial charge in [-0.2, -0.15) is 0 Å². The van der Waals surface area contributed by atoms with Gasteiger partial charge in [-0.3, -0.25) is 4.57 Å². The second-order valence-corrected chi connectivity index (χ2v) is 6.60. The van der Waals surface area contributed by atoms with E-state index in [0.717, 1.165) is 31.2 Å². The van der Waals surface area contributed by atoms with Crippen LogP contribution in [-0.4, -0.2) is 14.2 Å². The summed E-state index contributed by atoms with van der Waals surface area (Å²) in [7, 11) is 0. The summed E-state index contributed by atoms with van der Waals surface area (Å²) in [5, 5.41) is 10.9. The molecule has 0 radical (unpaired) electrons. The number of aromatic nitrogens is 2. The van der Waals surface area contributed by atoms with Crippen molar-refractivity contribution in [2.24, 2.45) is 0 Å². The van der Waals surface area contributed by atoms with Crippen molar-refractivity contribution in [2.45, 2.75) is 45.6 Å². The fourth-order valence-electron chi connectivity index (χ4n) is 3.28. The second-order valence-electron chi connectivity index (χ2n) is 6.60. The summed E-state index contributed by atoms with van der Waals surface area (Å²) >= 11 is 0. The molecule has 26 heavy (non-hydrogen) atoms. The molecular formula is C22H26N2O2. The summed E-state index contributed by atoms with van der Waals surface area (Å²) in [6.07, 6.45) is 4.88. The number of hydrogen-bond donors (Lipinski definition) is 1. The Morgan fingerprint density at radius 2 is 1.54 bits per heavy atom. The molecule has 1 N–H and O–H groups in total. The lowest BCUT2D eigenvalue weighted by atomic mass is 10.1. The quantitative estimate of drug-likeness (QED) is 0.607. The molecule has 0 bridgehead atoms. The SMILES string of the molecule is CCCCCCn1c(Cc2ccccc2)c(O)n(-c2ccccc2)c1=O. The van der Waals surface area contributed by atoms with Crippen molar-refractivity contribution in [3.8, 4) is 11.6 Å². The Labute approximate surface area is 154 Å². The van der Waals surface area contributed by atoms with Gasteiger partial charge in [-0.15, -0.1) is 0 Å². The van der Waals surface area contributed by atoms with Gasteiger partial charge in [0.25, 0.3) is 0 Å². The zero-order valence-electron chi connectivity index (χ0n) is 15.3. The average Bonchev–Trinajstić information content (AvgIpc) is 2.90. The molecule has 0 saturated heterocycles. The molecule has 0 spiro atoms. The minimum atomic E-state index is -0.170. The monoisotopic (exact) mass is 350 g/mol. The first-order valence-electron chi connectivity index (χ1n) is 9.35. The molecule has 0 fully saturated rings. The van der Waals surface area contributed by atoms with E-state index >= 15 is 0 Å². The zero-order valence-corrected chi connectivity index (χ0v) is 15.3. The standard InChI is InChI=1S/C22H26N2O2/c1-2-3-4-11-16-23-20(17-18-12-7-5-8-13-18)21(25)24(22(23)26)19-14-9-6-10-15-19/h5-10,12-15,25H,2-4,11,16-17H2,1H3. The first-order valence-corrected chi connectivity index (χ1v) is 9.35. The lowest BCUT2D eigenvalue weighted by molar-refractivity contribution is 0.434. The van der Waals surface area contributed by atoms with Gasteiger partial charge in [0, 0.05) is 13.0 Å². The molecular weight excluding hydrogens is 324 g/mol. The zero-order chi connectivity index (χ0) is 18.4. The molecule has 1 heterocycles. The van der Waals surface area contributed by atoms with E-state index in [4.69, 9.17) is 0 Å². The summed E-state index contributed by atoms with van der Waals surface area (Å²) < 4.78 is 3.16. The van der Waals surface area contributed by atoms with Crippen LogP contribution in [0.4, 0.5) is 0 Å². The average molecular weight is 350 g/mol. The topological polar surface area (TPSA) is 47.2 Å². The molecule has 136 valence electrons. The lowest BCUT2D eigenvalue weighted by Gasteiger charge is -2.07. The summed E-state index contributed by atoms with van der Waals surface area (Å²) in [6.45, 7) is 2.80. The van der Waals surface area contributed by atoms with E-state index in [1.807, 2.05) is 60.7 Å². The maximum Gasteiger partial charge on any atom is 0.335 e. The molecule has 0 saturated carbocycles. The molecule has 0 aliphatic carbocycles. The van der Waals surface area contributed by atoms with E-state index in [1.165, 1.54) is 4.57 Å². The van der Waals surface area contributed by atoms with Crippen LogP contribution in [0.3, 0.4) is 0 Å². The fraction of sp³-hybridized carbons (Fsp3) is 0.318. The van der Waals surface area contributed by atoms with Crippen LogP contribution in [0.2, 0.25) is 0 Å². The van der Waals surface area contributed by atoms with Crippen LogP contribution in [-0.2, 0) is 13.0 Å². The summed E-state index contributed by atoms with van der Waals surface area (Å²) in [4.78, 5) is 13.0. The van der Waals surface area contributed by atoms with Crippen molar-refractivity contribution in [2.75, 3.05) is 0 Å². The minimum Gasteiger partial charge on any atom is -0.493 e. The predicted molar refractivity (Wildman–Crippen MR) is 105 cm³/mol. The van der Waals surface area contributed by atoms with Gasteiger partial charge >= 0.3 is 5.69 Å². The number of nitrogens with zero attached hydrogens (tertiary/aromatic N) is 2. The third kappa shape index (κ3) is 3.90. The minimum absolute atomic E-state index is 0.0422. The van der Waals surface area contributed by atoms with Crippen molar-refractivity contribution in [3.63, 3.8) is 0 Å². The molecule has 3 aromatic rings. The van der Waals surface area contributed by atoms with E-state index in [9.17, 15) is 9.90 Å². The largest absolute Gasteiger partial charge is 0.493 e. The molecule has 4 heteroatoms. The van der Waals surface area contributed by atoms with Gasteiger partial charge in [0.05, 0.1) is 11.4 Å². The van der Waals surface area contributed by atoms with Crippen LogP contribution < -0.4 is 5.69 Å². The highest BCUT2D eigenvalue weighted by molar-refractivity contribution is 5.39. The van der Waals surface area contributed by atoms with E-state index in [1.54, 1.807) is 4.57 Å². The summed E-state index contributed by atoms with van der Waals surface area (Å²) in [5.41, 5.74) is 2.28. The highest BCUT2D eigenvalue weighted by Gasteiger charge is 2.20. The summed E-state index contributed by atoms with van der Waals surface area (Å²) in [6, 6.07) is 19.3. The highest BCUT2D eigenvalue weighted by atomic mass is 16.3. The Morgan fingerprint density at radius 3 is 2.19 bits per heavy atom. The molecule has 4 nitrogen and oxygen atoms in total. The molecule has 1 aromatic heterocycles. The van der Waals surface area contributed by atoms with Crippen molar-refractivity contribution < 1.29 is 5.11 Å². The molecule has 2 aromatic carbocycles. The molecule has 0 unspecified atom stereocenters. The third-order valence-corrected chi connectivity index (χ3v) is 4.68. The van der Waals surface area contributed by atoms with Crippen LogP contribution >= 0.6 is 0 Å². The summed E-state index contributed by atoms with van der Waals surface area (Å²) in [5.74, 6) is 0.0422. The second kappa shape index (κ2) is 8.56. The molecule has 0 aliphatic heterocycles. The number of imidazole rings is 1. The van der Waals surface area contributed by atoms with Crippen molar-refractivity contribution >= 4 is 0 Å². The number of para-hydroxylation sites is 1. The van der Waals surface area contributed by atoms with Gasteiger partial charge in [-0.25, -0.2) is 9.36 Å². The predicted octanol–water partition coefficient (Wildman–Crippen LogP) is 4.52. The van der Waals surface area contributed by atoms with Crippen molar-refractivity contribution in [1.82, 2.24) is 9.13 Å². The fourth-order valence-corrected chi connectivity index (χ4v) is 3.28. The highest BCUT2D eigenvalue weighted by Crippen LogP contribution is 2.23. The van der Waals surface area contributed by atoms with E-state index in [-0.39, 0.29) is 11.6 Å². The van der Waals surface area contributed by atoms with Gasteiger partial charge in [0.15, 0.2) is 0 Å². The van der Waals surface area contributed by atoms with E-state index in [0.29, 0.717) is 24.3 Å². The first-order chi connectivity index (χ1) is 12.7. The van der Waals surface area contributed by atoms with Crippen molar-refractivity contribution in [1.29, 1.82) is 0 Å². The number of aromatic hydroxyl groups is 1. The number of unbranched alkanes of at least 4 members (excludes halogenated alkanes) is 3. The van der Waals surface area contributed by atoms with E-state index < -0.39 is 0 Å². The van der Waals surface area contributed by atoms with Crippen molar-refractivity contribution in [3.05, 3.63) is 82.4 Å². The molecule has 0 amide bonds. The van der Waals surface area contributed by atoms with Gasteiger partial charge in [0.2, 0.25) is 5.88 Å². The van der Waals surface area contributed by atoms with Crippen LogP contribution in [0.15, 0.2) is 65.5 Å². The first kappa shape index (κ1) is 18.1. The van der Waals surface area contributed by atoms with Gasteiger partial charge in [0.1, 0.15) is 0 Å². The Morgan fingerprint density at radius 1 is 0.885 bits per heavy atom. The van der Waals surface area contributed by atoms with Crippen LogP contribution in [0.25, 0.3) is 5.69 Å². The third-order valence-electron chi connectivity index (χ3n) is 4.68. The van der Waals surface area contributed by atoms with Crippen LogP contribution in [0.5, 0.6) is 5.88 Å². The number of hydrogen-bond acceptors (Lipinski definition) is 2. The molecule has 0 aliphatic rings. The van der Waals surface area contributed by atoms with Gasteiger partial charge in [-0.05, 0) is 24.1 Å².